The molecule has 3 heteroatoms. The van der Waals surface area contributed by atoms with E-state index in [1.807, 2.05) is 0 Å². The van der Waals surface area contributed by atoms with Crippen LogP contribution in [0.25, 0.3) is 0 Å². The average molecular weight is 309 g/mol. The van der Waals surface area contributed by atoms with E-state index in [0.29, 0.717) is 6.04 Å². The Morgan fingerprint density at radius 2 is 2.10 bits per heavy atom. The third-order valence-corrected chi connectivity index (χ3v) is 5.01. The fraction of sp³-hybridized carbons (Fsp3) is 0.667. The zero-order valence-electron chi connectivity index (χ0n) is 13.8. The zero-order valence-corrected chi connectivity index (χ0v) is 14.6. The molecule has 2 rings (SSSR count). The van der Waals surface area contributed by atoms with E-state index in [0.717, 1.165) is 42.9 Å². The first-order valence-electron chi connectivity index (χ1n) is 8.30. The molecular formula is C18H29ClN2. The first-order chi connectivity index (χ1) is 10.0. The van der Waals surface area contributed by atoms with E-state index in [2.05, 4.69) is 56.1 Å². The van der Waals surface area contributed by atoms with Crippen LogP contribution in [-0.4, -0.2) is 19.6 Å². The van der Waals surface area contributed by atoms with Gasteiger partial charge in [-0.05, 0) is 55.8 Å². The van der Waals surface area contributed by atoms with E-state index >= 15 is 0 Å². The number of hydrogen-bond acceptors (Lipinski definition) is 2. The molecule has 21 heavy (non-hydrogen) atoms. The number of anilines is 1. The van der Waals surface area contributed by atoms with Crippen LogP contribution >= 0.6 is 11.6 Å². The molecule has 2 unspecified atom stereocenters. The van der Waals surface area contributed by atoms with E-state index < -0.39 is 0 Å². The number of hydrogen-bond donors (Lipinski definition) is 1. The predicted octanol–water partition coefficient (Wildman–Crippen LogP) is 4.88. The lowest BCUT2D eigenvalue weighted by atomic mass is 9.95. The smallest absolute Gasteiger partial charge is 0.0474 e. The summed E-state index contributed by atoms with van der Waals surface area (Å²) in [5.41, 5.74) is 2.48. The third kappa shape index (κ3) is 4.14. The highest BCUT2D eigenvalue weighted by Crippen LogP contribution is 2.32. The van der Waals surface area contributed by atoms with Crippen LogP contribution in [0.15, 0.2) is 18.2 Å². The molecule has 0 aromatic heterocycles. The summed E-state index contributed by atoms with van der Waals surface area (Å²) in [7, 11) is 0. The lowest BCUT2D eigenvalue weighted by molar-refractivity contribution is 0.423. The van der Waals surface area contributed by atoms with Crippen LogP contribution in [0.3, 0.4) is 0 Å². The van der Waals surface area contributed by atoms with Gasteiger partial charge in [0, 0.05) is 29.8 Å². The molecule has 2 atom stereocenters. The number of benzene rings is 1. The molecule has 1 saturated heterocycles. The van der Waals surface area contributed by atoms with Gasteiger partial charge in [0.2, 0.25) is 0 Å². The first-order valence-corrected chi connectivity index (χ1v) is 8.68. The molecule has 1 aromatic rings. The van der Waals surface area contributed by atoms with Crippen LogP contribution in [0.1, 0.15) is 52.1 Å². The standard InChI is InChI=1S/C18H29ClN2/c1-5-9-20-14(4)17-7-6-16(11-18(17)19)21-10-8-15(12-21)13(2)3/h6-7,11,13-15,20H,5,8-10,12H2,1-4H3. The van der Waals surface area contributed by atoms with Gasteiger partial charge in [0.25, 0.3) is 0 Å². The van der Waals surface area contributed by atoms with Crippen molar-refractivity contribution in [3.05, 3.63) is 28.8 Å². The van der Waals surface area contributed by atoms with Gasteiger partial charge in [-0.1, -0.05) is 38.4 Å². The minimum absolute atomic E-state index is 0.313. The van der Waals surface area contributed by atoms with Crippen LogP contribution in [-0.2, 0) is 0 Å². The summed E-state index contributed by atoms with van der Waals surface area (Å²) in [6.45, 7) is 12.4. The Hall–Kier alpha value is -0.730. The van der Waals surface area contributed by atoms with Crippen molar-refractivity contribution in [3.63, 3.8) is 0 Å². The highest BCUT2D eigenvalue weighted by atomic mass is 35.5. The highest BCUT2D eigenvalue weighted by Gasteiger charge is 2.25. The molecule has 1 N–H and O–H groups in total. The van der Waals surface area contributed by atoms with Crippen molar-refractivity contribution in [3.8, 4) is 0 Å². The van der Waals surface area contributed by atoms with E-state index in [9.17, 15) is 0 Å². The molecule has 0 saturated carbocycles. The Balaban J connectivity index is 2.05. The Morgan fingerprint density at radius 3 is 2.67 bits per heavy atom. The lowest BCUT2D eigenvalue weighted by Crippen LogP contribution is -2.22. The van der Waals surface area contributed by atoms with Gasteiger partial charge in [0.05, 0.1) is 0 Å². The van der Waals surface area contributed by atoms with Gasteiger partial charge in [-0.25, -0.2) is 0 Å². The van der Waals surface area contributed by atoms with E-state index in [1.165, 1.54) is 17.7 Å². The van der Waals surface area contributed by atoms with Crippen molar-refractivity contribution < 1.29 is 0 Å². The minimum Gasteiger partial charge on any atom is -0.371 e. The summed E-state index contributed by atoms with van der Waals surface area (Å²) < 4.78 is 0. The fourth-order valence-electron chi connectivity index (χ4n) is 3.10. The SMILES string of the molecule is CCCNC(C)c1ccc(N2CCC(C(C)C)C2)cc1Cl. The van der Waals surface area contributed by atoms with E-state index in [1.54, 1.807) is 0 Å². The second-order valence-corrected chi connectivity index (χ2v) is 7.03. The minimum atomic E-state index is 0.313. The van der Waals surface area contributed by atoms with Crippen LogP contribution in [0.4, 0.5) is 5.69 Å². The zero-order chi connectivity index (χ0) is 15.4. The van der Waals surface area contributed by atoms with Gasteiger partial charge >= 0.3 is 0 Å². The van der Waals surface area contributed by atoms with Crippen molar-refractivity contribution in [1.29, 1.82) is 0 Å². The van der Waals surface area contributed by atoms with Gasteiger partial charge in [0.15, 0.2) is 0 Å². The van der Waals surface area contributed by atoms with Gasteiger partial charge < -0.3 is 10.2 Å². The van der Waals surface area contributed by atoms with Gasteiger partial charge in [-0.3, -0.25) is 0 Å². The molecule has 0 aliphatic carbocycles. The number of nitrogens with zero attached hydrogens (tertiary/aromatic N) is 1. The largest absolute Gasteiger partial charge is 0.371 e. The van der Waals surface area contributed by atoms with E-state index in [4.69, 9.17) is 11.6 Å². The molecule has 1 aliphatic rings. The molecule has 1 aromatic carbocycles. The topological polar surface area (TPSA) is 15.3 Å². The van der Waals surface area contributed by atoms with Crippen molar-refractivity contribution in [2.45, 2.75) is 46.6 Å². The molecule has 0 bridgehead atoms. The second kappa shape index (κ2) is 7.51. The lowest BCUT2D eigenvalue weighted by Gasteiger charge is -2.22. The molecule has 1 fully saturated rings. The van der Waals surface area contributed by atoms with Crippen LogP contribution in [0.2, 0.25) is 5.02 Å². The van der Waals surface area contributed by atoms with Crippen molar-refractivity contribution in [2.24, 2.45) is 11.8 Å². The normalized spacial score (nSPS) is 20.3. The summed E-state index contributed by atoms with van der Waals surface area (Å²) in [5, 5.41) is 4.39. The summed E-state index contributed by atoms with van der Waals surface area (Å²) in [6.07, 6.45) is 2.44. The molecule has 0 radical (unpaired) electrons. The number of rotatable bonds is 6. The second-order valence-electron chi connectivity index (χ2n) is 6.62. The van der Waals surface area contributed by atoms with Gasteiger partial charge in [-0.15, -0.1) is 0 Å². The molecule has 1 heterocycles. The van der Waals surface area contributed by atoms with Crippen molar-refractivity contribution in [1.82, 2.24) is 5.32 Å². The summed E-state index contributed by atoms with van der Waals surface area (Å²) in [6, 6.07) is 6.87. The maximum absolute atomic E-state index is 6.51. The molecule has 0 amide bonds. The summed E-state index contributed by atoms with van der Waals surface area (Å²) in [5.74, 6) is 1.58. The quantitative estimate of drug-likeness (QED) is 0.805. The summed E-state index contributed by atoms with van der Waals surface area (Å²) >= 11 is 6.51. The third-order valence-electron chi connectivity index (χ3n) is 4.68. The monoisotopic (exact) mass is 308 g/mol. The first kappa shape index (κ1) is 16.6. The average Bonchev–Trinajstić information content (AvgIpc) is 2.94. The molecule has 1 aliphatic heterocycles. The van der Waals surface area contributed by atoms with Crippen LogP contribution in [0.5, 0.6) is 0 Å². The van der Waals surface area contributed by atoms with Crippen molar-refractivity contribution >= 4 is 17.3 Å². The summed E-state index contributed by atoms with van der Waals surface area (Å²) in [4.78, 5) is 2.48. The maximum Gasteiger partial charge on any atom is 0.0474 e. The van der Waals surface area contributed by atoms with Crippen LogP contribution < -0.4 is 10.2 Å². The number of halogens is 1. The van der Waals surface area contributed by atoms with Gasteiger partial charge in [0.1, 0.15) is 0 Å². The maximum atomic E-state index is 6.51. The Bertz CT molecular complexity index is 459. The molecule has 118 valence electrons. The fourth-order valence-corrected chi connectivity index (χ4v) is 3.44. The molecule has 2 nitrogen and oxygen atoms in total. The van der Waals surface area contributed by atoms with Crippen molar-refractivity contribution in [2.75, 3.05) is 24.5 Å². The highest BCUT2D eigenvalue weighted by molar-refractivity contribution is 6.31. The number of nitrogens with one attached hydrogen (secondary N) is 1. The van der Waals surface area contributed by atoms with Gasteiger partial charge in [-0.2, -0.15) is 0 Å². The predicted molar refractivity (Wildman–Crippen MR) is 93.3 cm³/mol. The Labute approximate surface area is 134 Å². The van der Waals surface area contributed by atoms with Crippen LogP contribution in [0, 0.1) is 11.8 Å². The molecule has 0 spiro atoms. The Morgan fingerprint density at radius 1 is 1.33 bits per heavy atom. The van der Waals surface area contributed by atoms with E-state index in [-0.39, 0.29) is 0 Å². The molecular weight excluding hydrogens is 280 g/mol. The Kier molecular flexibility index (Phi) is 5.95.